The first kappa shape index (κ1) is 76.5. The van der Waals surface area contributed by atoms with E-state index in [1.54, 1.807) is 6.08 Å². The van der Waals surface area contributed by atoms with Crippen molar-refractivity contribution in [1.29, 1.82) is 0 Å². The molecule has 1 amide bonds. The molecule has 14 nitrogen and oxygen atoms in total. The van der Waals surface area contributed by atoms with Gasteiger partial charge in [-0.05, 0) is 103 Å². The Hall–Kier alpha value is -3.61. The Kier molecular flexibility index (Phi) is 48.8. The van der Waals surface area contributed by atoms with Gasteiger partial charge in [-0.15, -0.1) is 0 Å². The molecule has 2 heterocycles. The van der Waals surface area contributed by atoms with Gasteiger partial charge in [0.2, 0.25) is 5.91 Å². The summed E-state index contributed by atoms with van der Waals surface area (Å²) in [5.41, 5.74) is 0. The molecule has 0 saturated carbocycles. The smallest absolute Gasteiger partial charge is 0.220 e. The number of amides is 1. The number of allylic oxidation sites excluding steroid dienone is 19. The van der Waals surface area contributed by atoms with Gasteiger partial charge in [-0.1, -0.05) is 232 Å². The van der Waals surface area contributed by atoms with Crippen LogP contribution in [0.15, 0.2) is 122 Å². The molecule has 0 aromatic rings. The second-order valence-electron chi connectivity index (χ2n) is 22.5. The Morgan fingerprint density at radius 1 is 0.440 bits per heavy atom. The van der Waals surface area contributed by atoms with Crippen molar-refractivity contribution in [2.75, 3.05) is 19.8 Å². The zero-order valence-corrected chi connectivity index (χ0v) is 51.8. The lowest BCUT2D eigenvalue weighted by Gasteiger charge is -2.46. The largest absolute Gasteiger partial charge is 0.394 e. The van der Waals surface area contributed by atoms with Gasteiger partial charge in [-0.2, -0.15) is 0 Å². The first-order chi connectivity index (χ1) is 41.1. The fourth-order valence-electron chi connectivity index (χ4n) is 9.89. The van der Waals surface area contributed by atoms with Crippen LogP contribution in [0, 0.1) is 0 Å². The summed E-state index contributed by atoms with van der Waals surface area (Å²) < 4.78 is 22.8. The number of aliphatic hydroxyl groups excluding tert-OH is 8. The van der Waals surface area contributed by atoms with Crippen molar-refractivity contribution < 1.29 is 64.6 Å². The molecule has 0 aromatic heterocycles. The van der Waals surface area contributed by atoms with Crippen molar-refractivity contribution >= 4 is 5.91 Å². The van der Waals surface area contributed by atoms with Crippen LogP contribution in [0.2, 0.25) is 0 Å². The molecule has 480 valence electrons. The molecular weight excluding hydrogens is 1060 g/mol. The molecule has 0 spiro atoms. The molecule has 2 saturated heterocycles. The van der Waals surface area contributed by atoms with Crippen LogP contribution >= 0.6 is 0 Å². The number of hydrogen-bond donors (Lipinski definition) is 9. The van der Waals surface area contributed by atoms with Gasteiger partial charge in [0.05, 0.1) is 32.0 Å². The summed E-state index contributed by atoms with van der Waals surface area (Å²) in [7, 11) is 0. The monoisotopic (exact) mass is 1180 g/mol. The Labute approximate surface area is 508 Å². The summed E-state index contributed by atoms with van der Waals surface area (Å²) in [6, 6.07) is -0.946. The standard InChI is InChI=1S/C70H117NO13/c1-3-5-7-9-11-13-15-17-19-20-21-22-23-24-25-26-27-28-29-30-31-32-33-34-35-36-37-38-40-42-44-46-48-50-52-54-62(75)71-58(59(74)53-51-49-47-45-43-41-39-18-16-14-12-10-8-6-4-2)57-81-69-67(80)65(78)68(61(56-73)83-69)84-70-66(79)64(77)63(76)60(55-72)82-70/h5,7,11,13,16-19,21-22,24-25,27-28,30-31,43,45,51,53,58-61,63-70,72-74,76-80H,3-4,6,8-10,12,14-15,20,23,26,29,32-42,44,46-50,52,54-57H2,1-2H3,(H,71,75)/b7-5-,13-11-,18-16+,19-17-,22-21-,25-24-,28-27-,31-30-,45-43+,53-51+. The van der Waals surface area contributed by atoms with Crippen LogP contribution in [0.4, 0.5) is 0 Å². The van der Waals surface area contributed by atoms with Crippen LogP contribution in [-0.2, 0) is 23.7 Å². The zero-order chi connectivity index (χ0) is 60.9. The molecule has 2 fully saturated rings. The van der Waals surface area contributed by atoms with Gasteiger partial charge in [0.1, 0.15) is 48.8 Å². The number of carbonyl (C=O) groups is 1. The van der Waals surface area contributed by atoms with Crippen molar-refractivity contribution in [3.63, 3.8) is 0 Å². The third-order valence-electron chi connectivity index (χ3n) is 15.1. The summed E-state index contributed by atoms with van der Waals surface area (Å²) in [4.78, 5) is 13.3. The number of nitrogens with one attached hydrogen (secondary N) is 1. The molecule has 0 radical (unpaired) electrons. The van der Waals surface area contributed by atoms with Crippen molar-refractivity contribution in [2.45, 2.75) is 293 Å². The molecule has 12 atom stereocenters. The maximum Gasteiger partial charge on any atom is 0.220 e. The normalized spacial score (nSPS) is 24.5. The van der Waals surface area contributed by atoms with E-state index in [-0.39, 0.29) is 18.9 Å². The van der Waals surface area contributed by atoms with Crippen LogP contribution in [0.25, 0.3) is 0 Å². The van der Waals surface area contributed by atoms with E-state index in [1.807, 2.05) is 6.08 Å². The first-order valence-electron chi connectivity index (χ1n) is 32.8. The third kappa shape index (κ3) is 37.8. The Morgan fingerprint density at radius 3 is 1.31 bits per heavy atom. The summed E-state index contributed by atoms with van der Waals surface area (Å²) >= 11 is 0. The topological polar surface area (TPSA) is 228 Å². The van der Waals surface area contributed by atoms with E-state index in [9.17, 15) is 45.6 Å². The molecule has 0 aliphatic carbocycles. The number of carbonyl (C=O) groups excluding carboxylic acids is 1. The molecule has 2 rings (SSSR count). The maximum atomic E-state index is 13.3. The Balaban J connectivity index is 1.66. The lowest BCUT2D eigenvalue weighted by molar-refractivity contribution is -0.359. The predicted molar refractivity (Wildman–Crippen MR) is 341 cm³/mol. The number of hydrogen-bond acceptors (Lipinski definition) is 13. The second-order valence-corrected chi connectivity index (χ2v) is 22.5. The van der Waals surface area contributed by atoms with Gasteiger partial charge >= 0.3 is 0 Å². The average molecular weight is 1180 g/mol. The SMILES string of the molecule is CC/C=C\C/C=C\C/C=C\C/C=C\C/C=C\C/C=C\C/C=C\CCCCCCCCCCCCCCCC(=O)NC(COC1OC(CO)C(OC2OC(CO)C(O)C(O)C2O)C(O)C1O)C(O)/C=C/CC/C=C/CC/C=C/CCCCCCC. The molecule has 0 aromatic carbocycles. The van der Waals surface area contributed by atoms with Crippen molar-refractivity contribution in [2.24, 2.45) is 0 Å². The minimum Gasteiger partial charge on any atom is -0.394 e. The predicted octanol–water partition coefficient (Wildman–Crippen LogP) is 12.6. The summed E-state index contributed by atoms with van der Waals surface area (Å²) in [6.07, 6.45) is 61.1. The molecule has 0 bridgehead atoms. The van der Waals surface area contributed by atoms with Crippen LogP contribution in [0.5, 0.6) is 0 Å². The van der Waals surface area contributed by atoms with E-state index in [4.69, 9.17) is 18.9 Å². The van der Waals surface area contributed by atoms with Crippen molar-refractivity contribution in [3.8, 4) is 0 Å². The quantitative estimate of drug-likeness (QED) is 0.0204. The van der Waals surface area contributed by atoms with Gasteiger partial charge in [-0.3, -0.25) is 4.79 Å². The molecule has 84 heavy (non-hydrogen) atoms. The molecule has 14 heteroatoms. The Bertz CT molecular complexity index is 1870. The number of rotatable bonds is 51. The third-order valence-corrected chi connectivity index (χ3v) is 15.1. The van der Waals surface area contributed by atoms with E-state index in [1.165, 1.54) is 89.9 Å². The van der Waals surface area contributed by atoms with Gasteiger partial charge in [0.15, 0.2) is 12.6 Å². The molecule has 12 unspecified atom stereocenters. The molecular formula is C70H117NO13. The number of aliphatic hydroxyl groups is 8. The fourth-order valence-corrected chi connectivity index (χ4v) is 9.89. The van der Waals surface area contributed by atoms with Crippen LogP contribution in [0.3, 0.4) is 0 Å². The highest BCUT2D eigenvalue weighted by atomic mass is 16.7. The minimum absolute atomic E-state index is 0.260. The van der Waals surface area contributed by atoms with Crippen LogP contribution in [0.1, 0.15) is 219 Å². The highest BCUT2D eigenvalue weighted by Gasteiger charge is 2.51. The fraction of sp³-hybridized carbons (Fsp3) is 0.700. The minimum atomic E-state index is -1.80. The summed E-state index contributed by atoms with van der Waals surface area (Å²) in [6.45, 7) is 2.63. The van der Waals surface area contributed by atoms with Gasteiger partial charge in [0, 0.05) is 6.42 Å². The summed E-state index contributed by atoms with van der Waals surface area (Å²) in [5, 5.41) is 87.1. The molecule has 2 aliphatic rings. The molecule has 9 N–H and O–H groups in total. The van der Waals surface area contributed by atoms with E-state index < -0.39 is 86.8 Å². The zero-order valence-electron chi connectivity index (χ0n) is 51.8. The van der Waals surface area contributed by atoms with Gasteiger partial charge in [0.25, 0.3) is 0 Å². The lowest BCUT2D eigenvalue weighted by atomic mass is 9.97. The number of ether oxygens (including phenoxy) is 4. The highest BCUT2D eigenvalue weighted by molar-refractivity contribution is 5.76. The lowest BCUT2D eigenvalue weighted by Crippen LogP contribution is -2.65. The summed E-state index contributed by atoms with van der Waals surface area (Å²) in [5.74, 6) is -0.260. The van der Waals surface area contributed by atoms with Gasteiger partial charge in [-0.25, -0.2) is 0 Å². The van der Waals surface area contributed by atoms with Crippen molar-refractivity contribution in [3.05, 3.63) is 122 Å². The second kappa shape index (κ2) is 53.6. The van der Waals surface area contributed by atoms with Gasteiger partial charge < -0.3 is 65.1 Å². The maximum absolute atomic E-state index is 13.3. The van der Waals surface area contributed by atoms with E-state index in [0.29, 0.717) is 12.8 Å². The average Bonchev–Trinajstić information content (AvgIpc) is 3.23. The highest BCUT2D eigenvalue weighted by Crippen LogP contribution is 2.30. The number of unbranched alkanes of at least 4 members (excludes halogenated alkanes) is 20. The van der Waals surface area contributed by atoms with Crippen molar-refractivity contribution in [1.82, 2.24) is 5.32 Å². The van der Waals surface area contributed by atoms with E-state index in [0.717, 1.165) is 96.3 Å². The van der Waals surface area contributed by atoms with Crippen LogP contribution in [-0.4, -0.2) is 140 Å². The van der Waals surface area contributed by atoms with E-state index >= 15 is 0 Å². The first-order valence-corrected chi connectivity index (χ1v) is 32.8. The molecule has 2 aliphatic heterocycles. The van der Waals surface area contributed by atoms with Crippen LogP contribution < -0.4 is 5.32 Å². The van der Waals surface area contributed by atoms with E-state index in [2.05, 4.69) is 129 Å². The Morgan fingerprint density at radius 2 is 0.833 bits per heavy atom.